The molecule has 2 rings (SSSR count). The molecule has 0 aromatic heterocycles. The minimum Gasteiger partial charge on any atom is -0.465 e. The summed E-state index contributed by atoms with van der Waals surface area (Å²) in [6.07, 6.45) is 1.48. The summed E-state index contributed by atoms with van der Waals surface area (Å²) in [7, 11) is 1.29. The summed E-state index contributed by atoms with van der Waals surface area (Å²) in [5.74, 6) is -0.881. The lowest BCUT2D eigenvalue weighted by Crippen LogP contribution is -2.18. The maximum atomic E-state index is 12.1. The molecule has 1 saturated heterocycles. The molecule has 0 aliphatic carbocycles. The van der Waals surface area contributed by atoms with Gasteiger partial charge in [0.05, 0.1) is 23.3 Å². The van der Waals surface area contributed by atoms with Crippen LogP contribution in [0.3, 0.4) is 0 Å². The standard InChI is InChI=1S/C17H18N2O4S2/c1-10(14-15(21)19-17(24)25-14)6-5-9-13(20)18-12-8-4-3-7-11(12)16(22)23-2/h3-4,7-8H,5-6,9H2,1-2H3,(H,18,20)(H,19,21,24)/b14-10-. The molecule has 1 aliphatic rings. The number of carbonyl (C=O) groups excluding carboxylic acids is 3. The third-order valence-corrected chi connectivity index (χ3v) is 4.94. The molecule has 8 heteroatoms. The lowest BCUT2D eigenvalue weighted by molar-refractivity contribution is -0.116. The molecule has 25 heavy (non-hydrogen) atoms. The molecule has 1 aromatic rings. The number of benzene rings is 1. The molecule has 2 N–H and O–H groups in total. The summed E-state index contributed by atoms with van der Waals surface area (Å²) >= 11 is 6.21. The van der Waals surface area contributed by atoms with Crippen molar-refractivity contribution in [1.82, 2.24) is 5.32 Å². The number of carbonyl (C=O) groups is 3. The zero-order chi connectivity index (χ0) is 18.4. The lowest BCUT2D eigenvalue weighted by Gasteiger charge is -2.09. The second-order valence-electron chi connectivity index (χ2n) is 5.39. The highest BCUT2D eigenvalue weighted by Crippen LogP contribution is 2.28. The van der Waals surface area contributed by atoms with Gasteiger partial charge in [0.2, 0.25) is 5.91 Å². The van der Waals surface area contributed by atoms with Crippen molar-refractivity contribution in [2.45, 2.75) is 26.2 Å². The summed E-state index contributed by atoms with van der Waals surface area (Å²) in [5.41, 5.74) is 1.64. The van der Waals surface area contributed by atoms with Crippen LogP contribution in [0.1, 0.15) is 36.5 Å². The maximum absolute atomic E-state index is 12.1. The highest BCUT2D eigenvalue weighted by Gasteiger charge is 2.24. The van der Waals surface area contributed by atoms with E-state index in [9.17, 15) is 14.4 Å². The van der Waals surface area contributed by atoms with Crippen LogP contribution in [-0.2, 0) is 14.3 Å². The summed E-state index contributed by atoms with van der Waals surface area (Å²) in [6, 6.07) is 6.67. The Morgan fingerprint density at radius 3 is 2.64 bits per heavy atom. The maximum Gasteiger partial charge on any atom is 0.339 e. The number of esters is 1. The fourth-order valence-corrected chi connectivity index (χ4v) is 3.41. The van der Waals surface area contributed by atoms with Gasteiger partial charge >= 0.3 is 5.97 Å². The van der Waals surface area contributed by atoms with Gasteiger partial charge in [-0.25, -0.2) is 4.79 Å². The molecule has 2 amide bonds. The number of nitrogens with one attached hydrogen (secondary N) is 2. The van der Waals surface area contributed by atoms with E-state index in [0.717, 1.165) is 5.57 Å². The molecule has 0 unspecified atom stereocenters. The number of thioether (sulfide) groups is 1. The van der Waals surface area contributed by atoms with Crippen molar-refractivity contribution in [3.63, 3.8) is 0 Å². The summed E-state index contributed by atoms with van der Waals surface area (Å²) < 4.78 is 5.15. The van der Waals surface area contributed by atoms with Crippen LogP contribution in [0.2, 0.25) is 0 Å². The monoisotopic (exact) mass is 378 g/mol. The van der Waals surface area contributed by atoms with Crippen molar-refractivity contribution in [2.75, 3.05) is 12.4 Å². The van der Waals surface area contributed by atoms with Gasteiger partial charge in [0.1, 0.15) is 4.32 Å². The lowest BCUT2D eigenvalue weighted by atomic mass is 10.1. The van der Waals surface area contributed by atoms with Gasteiger partial charge in [0.15, 0.2) is 0 Å². The van der Waals surface area contributed by atoms with Crippen LogP contribution < -0.4 is 10.6 Å². The second-order valence-corrected chi connectivity index (χ2v) is 7.08. The Morgan fingerprint density at radius 1 is 1.28 bits per heavy atom. The van der Waals surface area contributed by atoms with E-state index >= 15 is 0 Å². The van der Waals surface area contributed by atoms with Crippen molar-refractivity contribution in [1.29, 1.82) is 0 Å². The SMILES string of the molecule is COC(=O)c1ccccc1NC(=O)CCC/C(C)=C1\SC(=S)NC1=O. The highest BCUT2D eigenvalue weighted by atomic mass is 32.2. The number of hydrogen-bond donors (Lipinski definition) is 2. The number of thiocarbonyl (C=S) groups is 1. The third-order valence-electron chi connectivity index (χ3n) is 3.57. The number of allylic oxidation sites excluding steroid dienone is 1. The van der Waals surface area contributed by atoms with Crippen LogP contribution in [-0.4, -0.2) is 29.2 Å². The minimum atomic E-state index is -0.503. The highest BCUT2D eigenvalue weighted by molar-refractivity contribution is 8.26. The van der Waals surface area contributed by atoms with E-state index in [0.29, 0.717) is 33.3 Å². The first-order valence-electron chi connectivity index (χ1n) is 7.62. The summed E-state index contributed by atoms with van der Waals surface area (Å²) in [6.45, 7) is 1.86. The molecule has 0 spiro atoms. The average Bonchev–Trinajstić information content (AvgIpc) is 2.93. The zero-order valence-electron chi connectivity index (χ0n) is 13.9. The van der Waals surface area contributed by atoms with Crippen LogP contribution in [0.25, 0.3) is 0 Å². The van der Waals surface area contributed by atoms with Crippen LogP contribution in [0.4, 0.5) is 5.69 Å². The minimum absolute atomic E-state index is 0.177. The molecule has 0 saturated carbocycles. The fraction of sp³-hybridized carbons (Fsp3) is 0.294. The third kappa shape index (κ3) is 5.14. The Hall–Kier alpha value is -2.19. The van der Waals surface area contributed by atoms with Gasteiger partial charge < -0.3 is 15.4 Å². The first kappa shape index (κ1) is 19.1. The van der Waals surface area contributed by atoms with Crippen LogP contribution >= 0.6 is 24.0 Å². The van der Waals surface area contributed by atoms with Crippen LogP contribution in [0.15, 0.2) is 34.7 Å². The van der Waals surface area contributed by atoms with E-state index in [-0.39, 0.29) is 18.2 Å². The van der Waals surface area contributed by atoms with Crippen molar-refractivity contribution < 1.29 is 19.1 Å². The molecule has 132 valence electrons. The zero-order valence-corrected chi connectivity index (χ0v) is 15.5. The number of rotatable bonds is 6. The Morgan fingerprint density at radius 2 is 2.00 bits per heavy atom. The van der Waals surface area contributed by atoms with E-state index in [4.69, 9.17) is 17.0 Å². The first-order chi connectivity index (χ1) is 11.9. The van der Waals surface area contributed by atoms with Gasteiger partial charge in [0.25, 0.3) is 5.91 Å². The first-order valence-corrected chi connectivity index (χ1v) is 8.85. The van der Waals surface area contributed by atoms with Crippen molar-refractivity contribution in [3.8, 4) is 0 Å². The van der Waals surface area contributed by atoms with Gasteiger partial charge in [-0.3, -0.25) is 9.59 Å². The van der Waals surface area contributed by atoms with E-state index in [1.807, 2.05) is 6.92 Å². The molecular weight excluding hydrogens is 360 g/mol. The largest absolute Gasteiger partial charge is 0.465 e. The van der Waals surface area contributed by atoms with Crippen molar-refractivity contribution >= 4 is 51.8 Å². The molecule has 6 nitrogen and oxygen atoms in total. The summed E-state index contributed by atoms with van der Waals surface area (Å²) in [4.78, 5) is 36.1. The van der Waals surface area contributed by atoms with Gasteiger partial charge in [-0.05, 0) is 31.9 Å². The number of ether oxygens (including phenoxy) is 1. The number of methoxy groups -OCH3 is 1. The number of anilines is 1. The molecule has 1 aliphatic heterocycles. The average molecular weight is 378 g/mol. The van der Waals surface area contributed by atoms with E-state index in [1.54, 1.807) is 24.3 Å². The van der Waals surface area contributed by atoms with Gasteiger partial charge in [-0.1, -0.05) is 41.7 Å². The molecule has 1 heterocycles. The topological polar surface area (TPSA) is 84.5 Å². The van der Waals surface area contributed by atoms with Gasteiger partial charge in [-0.15, -0.1) is 0 Å². The molecular formula is C17H18N2O4S2. The van der Waals surface area contributed by atoms with Crippen molar-refractivity contribution in [2.24, 2.45) is 0 Å². The number of amides is 2. The number of para-hydroxylation sites is 1. The van der Waals surface area contributed by atoms with Gasteiger partial charge in [-0.2, -0.15) is 0 Å². The molecule has 0 atom stereocenters. The molecule has 0 bridgehead atoms. The van der Waals surface area contributed by atoms with Gasteiger partial charge in [0, 0.05) is 6.42 Å². The Balaban J connectivity index is 1.90. The Labute approximate surface area is 155 Å². The predicted molar refractivity (Wildman–Crippen MR) is 101 cm³/mol. The van der Waals surface area contributed by atoms with E-state index < -0.39 is 5.97 Å². The number of hydrogen-bond acceptors (Lipinski definition) is 6. The molecule has 1 fully saturated rings. The van der Waals surface area contributed by atoms with Crippen LogP contribution in [0, 0.1) is 0 Å². The quantitative estimate of drug-likeness (QED) is 0.450. The molecule has 1 aromatic carbocycles. The Bertz CT molecular complexity index is 759. The van der Waals surface area contributed by atoms with Crippen molar-refractivity contribution in [3.05, 3.63) is 40.3 Å². The second kappa shape index (κ2) is 8.77. The Kier molecular flexibility index (Phi) is 6.72. The summed E-state index contributed by atoms with van der Waals surface area (Å²) in [5, 5.41) is 5.30. The van der Waals surface area contributed by atoms with E-state index in [2.05, 4.69) is 10.6 Å². The van der Waals surface area contributed by atoms with Crippen LogP contribution in [0.5, 0.6) is 0 Å². The fourth-order valence-electron chi connectivity index (χ4n) is 2.32. The van der Waals surface area contributed by atoms with E-state index in [1.165, 1.54) is 18.9 Å². The molecule has 0 radical (unpaired) electrons. The smallest absolute Gasteiger partial charge is 0.339 e. The predicted octanol–water partition coefficient (Wildman–Crippen LogP) is 3.00. The normalized spacial score (nSPS) is 15.6.